The van der Waals surface area contributed by atoms with E-state index in [1.54, 1.807) is 6.20 Å². The molecular weight excluding hydrogens is 348 g/mol. The van der Waals surface area contributed by atoms with E-state index in [4.69, 9.17) is 4.99 Å². The first-order chi connectivity index (χ1) is 13.8. The number of hydrogen-bond acceptors (Lipinski definition) is 3. The van der Waals surface area contributed by atoms with Crippen molar-refractivity contribution in [2.24, 2.45) is 4.99 Å². The monoisotopic (exact) mass is 384 g/mol. The van der Waals surface area contributed by atoms with Crippen LogP contribution in [0.2, 0.25) is 0 Å². The zero-order valence-corrected chi connectivity index (χ0v) is 17.7. The van der Waals surface area contributed by atoms with Crippen molar-refractivity contribution in [1.29, 1.82) is 0 Å². The van der Waals surface area contributed by atoms with Crippen LogP contribution in [0.3, 0.4) is 0 Å². The Hall–Kier alpha value is -2.34. The van der Waals surface area contributed by atoms with Crippen LogP contribution in [0, 0.1) is 0 Å². The summed E-state index contributed by atoms with van der Waals surface area (Å²) in [6.45, 7) is 12.6. The van der Waals surface area contributed by atoms with Crippen LogP contribution >= 0.6 is 0 Å². The average molecular weight is 385 g/mol. The summed E-state index contributed by atoms with van der Waals surface area (Å²) < 4.78 is 1.87. The molecule has 28 heavy (non-hydrogen) atoms. The van der Waals surface area contributed by atoms with Gasteiger partial charge in [0.25, 0.3) is 0 Å². The van der Waals surface area contributed by atoms with E-state index in [-0.39, 0.29) is 0 Å². The van der Waals surface area contributed by atoms with Crippen LogP contribution in [0.5, 0.6) is 0 Å². The average Bonchev–Trinajstić information content (AvgIpc) is 3.26. The second kappa shape index (κ2) is 12.9. The second-order valence-corrected chi connectivity index (χ2v) is 6.79. The summed E-state index contributed by atoms with van der Waals surface area (Å²) in [6, 6.07) is 10.5. The minimum atomic E-state index is 0.867. The highest BCUT2D eigenvalue weighted by Gasteiger charge is 2.01. The third kappa shape index (κ3) is 7.72. The van der Waals surface area contributed by atoms with Crippen molar-refractivity contribution in [2.75, 3.05) is 39.3 Å². The molecule has 2 N–H and O–H groups in total. The molecule has 0 radical (unpaired) electrons. The van der Waals surface area contributed by atoms with Gasteiger partial charge in [-0.2, -0.15) is 5.10 Å². The smallest absolute Gasteiger partial charge is 0.191 e. The number of nitrogens with zero attached hydrogens (tertiary/aromatic N) is 4. The Balaban J connectivity index is 1.71. The maximum absolute atomic E-state index is 4.71. The summed E-state index contributed by atoms with van der Waals surface area (Å²) in [7, 11) is 0. The maximum atomic E-state index is 4.71. The first kappa shape index (κ1) is 22.0. The van der Waals surface area contributed by atoms with Gasteiger partial charge in [0.2, 0.25) is 0 Å². The highest BCUT2D eigenvalue weighted by Crippen LogP contribution is 2.08. The standard InChI is InChI=1S/C22H36N6/c1-4-23-22(24-15-7-8-18-27(5-2)6-3)25-17-14-20-10-12-21(13-11-20)28-19-9-16-26-28/h9-13,16,19H,4-8,14-15,17-18H2,1-3H3,(H2,23,24,25). The molecule has 0 aliphatic heterocycles. The van der Waals surface area contributed by atoms with Gasteiger partial charge in [-0.05, 0) is 69.6 Å². The van der Waals surface area contributed by atoms with Gasteiger partial charge in [-0.25, -0.2) is 4.68 Å². The van der Waals surface area contributed by atoms with E-state index in [9.17, 15) is 0 Å². The van der Waals surface area contributed by atoms with Gasteiger partial charge in [-0.3, -0.25) is 4.99 Å². The van der Waals surface area contributed by atoms with Crippen molar-refractivity contribution in [2.45, 2.75) is 40.0 Å². The number of aliphatic imine (C=N–C) groups is 1. The van der Waals surface area contributed by atoms with Crippen LogP contribution in [-0.2, 0) is 6.42 Å². The van der Waals surface area contributed by atoms with Gasteiger partial charge in [-0.1, -0.05) is 26.0 Å². The molecule has 0 bridgehead atoms. The van der Waals surface area contributed by atoms with Gasteiger partial charge >= 0.3 is 0 Å². The second-order valence-electron chi connectivity index (χ2n) is 6.79. The van der Waals surface area contributed by atoms with Gasteiger partial charge in [0, 0.05) is 32.0 Å². The van der Waals surface area contributed by atoms with Crippen molar-refractivity contribution in [3.05, 3.63) is 48.3 Å². The van der Waals surface area contributed by atoms with E-state index >= 15 is 0 Å². The Morgan fingerprint density at radius 2 is 1.86 bits per heavy atom. The van der Waals surface area contributed by atoms with Gasteiger partial charge in [0.05, 0.1) is 5.69 Å². The van der Waals surface area contributed by atoms with Crippen molar-refractivity contribution >= 4 is 5.96 Å². The van der Waals surface area contributed by atoms with E-state index in [0.717, 1.165) is 57.2 Å². The van der Waals surface area contributed by atoms with Crippen molar-refractivity contribution in [3.63, 3.8) is 0 Å². The molecule has 154 valence electrons. The number of nitrogens with one attached hydrogen (secondary N) is 2. The first-order valence-electron chi connectivity index (χ1n) is 10.6. The zero-order valence-electron chi connectivity index (χ0n) is 17.7. The molecule has 0 aliphatic rings. The predicted molar refractivity (Wildman–Crippen MR) is 118 cm³/mol. The topological polar surface area (TPSA) is 57.5 Å². The SMILES string of the molecule is CCNC(=NCCCCN(CC)CC)NCCc1ccc(-n2cccn2)cc1. The Bertz CT molecular complexity index is 659. The van der Waals surface area contributed by atoms with Crippen LogP contribution in [0.25, 0.3) is 5.69 Å². The van der Waals surface area contributed by atoms with E-state index in [0.29, 0.717) is 0 Å². The molecule has 0 fully saturated rings. The molecule has 0 aliphatic carbocycles. The van der Waals surface area contributed by atoms with Crippen LogP contribution in [0.15, 0.2) is 47.7 Å². The highest BCUT2D eigenvalue weighted by molar-refractivity contribution is 5.79. The Labute approximate surface area is 170 Å². The molecule has 6 nitrogen and oxygen atoms in total. The number of rotatable bonds is 12. The van der Waals surface area contributed by atoms with Crippen molar-refractivity contribution in [3.8, 4) is 5.69 Å². The molecule has 1 heterocycles. The zero-order chi connectivity index (χ0) is 20.0. The Morgan fingerprint density at radius 3 is 2.50 bits per heavy atom. The molecular formula is C22H36N6. The highest BCUT2D eigenvalue weighted by atomic mass is 15.3. The lowest BCUT2D eigenvalue weighted by molar-refractivity contribution is 0.297. The molecule has 2 aromatic rings. The van der Waals surface area contributed by atoms with Gasteiger partial charge in [0.15, 0.2) is 5.96 Å². The molecule has 0 saturated carbocycles. The summed E-state index contributed by atoms with van der Waals surface area (Å²) in [5, 5.41) is 11.0. The largest absolute Gasteiger partial charge is 0.357 e. The van der Waals surface area contributed by atoms with Crippen molar-refractivity contribution in [1.82, 2.24) is 25.3 Å². The summed E-state index contributed by atoms with van der Waals surface area (Å²) in [4.78, 5) is 7.17. The molecule has 0 unspecified atom stereocenters. The third-order valence-electron chi connectivity index (χ3n) is 4.80. The van der Waals surface area contributed by atoms with Gasteiger partial charge in [-0.15, -0.1) is 0 Å². The minimum Gasteiger partial charge on any atom is -0.357 e. The predicted octanol–water partition coefficient (Wildman–Crippen LogP) is 3.09. The molecule has 0 atom stereocenters. The fraction of sp³-hybridized carbons (Fsp3) is 0.545. The van der Waals surface area contributed by atoms with Crippen LogP contribution in [0.4, 0.5) is 0 Å². The fourth-order valence-corrected chi connectivity index (χ4v) is 3.08. The van der Waals surface area contributed by atoms with Crippen LogP contribution in [-0.4, -0.2) is 59.9 Å². The van der Waals surface area contributed by atoms with E-state index in [1.807, 2.05) is 16.9 Å². The summed E-state index contributed by atoms with van der Waals surface area (Å²) in [5.74, 6) is 0.915. The lowest BCUT2D eigenvalue weighted by Crippen LogP contribution is -2.38. The van der Waals surface area contributed by atoms with E-state index in [1.165, 1.54) is 18.5 Å². The Morgan fingerprint density at radius 1 is 1.07 bits per heavy atom. The molecule has 2 rings (SSSR count). The van der Waals surface area contributed by atoms with Gasteiger partial charge < -0.3 is 15.5 Å². The number of guanidine groups is 1. The summed E-state index contributed by atoms with van der Waals surface area (Å²) in [6.07, 6.45) is 7.04. The van der Waals surface area contributed by atoms with Gasteiger partial charge in [0.1, 0.15) is 0 Å². The lowest BCUT2D eigenvalue weighted by atomic mass is 10.1. The molecule has 0 saturated heterocycles. The molecule has 6 heteroatoms. The minimum absolute atomic E-state index is 0.867. The third-order valence-corrected chi connectivity index (χ3v) is 4.80. The number of aromatic nitrogens is 2. The first-order valence-corrected chi connectivity index (χ1v) is 10.6. The number of benzene rings is 1. The van der Waals surface area contributed by atoms with Crippen LogP contribution < -0.4 is 10.6 Å². The molecule has 1 aromatic heterocycles. The normalized spacial score (nSPS) is 11.8. The fourth-order valence-electron chi connectivity index (χ4n) is 3.08. The lowest BCUT2D eigenvalue weighted by Gasteiger charge is -2.17. The number of unbranched alkanes of at least 4 members (excludes halogenated alkanes) is 1. The summed E-state index contributed by atoms with van der Waals surface area (Å²) in [5.41, 5.74) is 2.39. The Kier molecular flexibility index (Phi) is 10.1. The summed E-state index contributed by atoms with van der Waals surface area (Å²) >= 11 is 0. The molecule has 0 spiro atoms. The quantitative estimate of drug-likeness (QED) is 0.335. The van der Waals surface area contributed by atoms with E-state index in [2.05, 4.69) is 65.7 Å². The van der Waals surface area contributed by atoms with Crippen LogP contribution in [0.1, 0.15) is 39.2 Å². The molecule has 0 amide bonds. The van der Waals surface area contributed by atoms with Crippen molar-refractivity contribution < 1.29 is 0 Å². The van der Waals surface area contributed by atoms with E-state index < -0.39 is 0 Å². The number of hydrogen-bond donors (Lipinski definition) is 2. The molecule has 1 aromatic carbocycles. The maximum Gasteiger partial charge on any atom is 0.191 e.